The van der Waals surface area contributed by atoms with Crippen LogP contribution in [0.3, 0.4) is 0 Å². The number of nitrogens with one attached hydrogen (secondary N) is 1. The molecule has 0 spiro atoms. The number of aromatic nitrogens is 1. The molecule has 2 rings (SSSR count). The molecule has 1 amide bonds. The Balaban J connectivity index is 2.19. The molecule has 2 aromatic rings. The fourth-order valence-electron chi connectivity index (χ4n) is 1.37. The van der Waals surface area contributed by atoms with E-state index >= 15 is 0 Å². The summed E-state index contributed by atoms with van der Waals surface area (Å²) in [5.41, 5.74) is 8.40. The number of amides is 1. The Kier molecular flexibility index (Phi) is 3.61. The van der Waals surface area contributed by atoms with Gasteiger partial charge in [-0.3, -0.25) is 4.79 Å². The van der Waals surface area contributed by atoms with Crippen LogP contribution in [-0.2, 0) is 4.79 Å². The zero-order valence-corrected chi connectivity index (χ0v) is 10.3. The van der Waals surface area contributed by atoms with E-state index < -0.39 is 11.9 Å². The number of carbonyl (C=O) groups is 1. The van der Waals surface area contributed by atoms with Gasteiger partial charge in [0, 0.05) is 16.1 Å². The molecular formula is C11H10ClN3OS. The van der Waals surface area contributed by atoms with Crippen LogP contribution >= 0.6 is 22.9 Å². The molecule has 6 heteroatoms. The molecule has 1 aromatic heterocycles. The average Bonchev–Trinajstić information content (AvgIpc) is 2.81. The van der Waals surface area contributed by atoms with Gasteiger partial charge in [-0.1, -0.05) is 11.6 Å². The minimum atomic E-state index is -0.623. The number of hydrogen-bond donors (Lipinski definition) is 2. The van der Waals surface area contributed by atoms with Crippen molar-refractivity contribution >= 4 is 34.5 Å². The summed E-state index contributed by atoms with van der Waals surface area (Å²) in [6, 6.07) is 6.42. The van der Waals surface area contributed by atoms with E-state index in [0.29, 0.717) is 10.7 Å². The number of benzene rings is 1. The number of thiazole rings is 1. The normalized spacial score (nSPS) is 12.1. The third-order valence-electron chi connectivity index (χ3n) is 2.19. The van der Waals surface area contributed by atoms with E-state index in [4.69, 9.17) is 17.3 Å². The van der Waals surface area contributed by atoms with Gasteiger partial charge in [-0.15, -0.1) is 11.3 Å². The minimum Gasteiger partial charge on any atom is -0.369 e. The summed E-state index contributed by atoms with van der Waals surface area (Å²) < 4.78 is 0. The molecule has 1 atom stereocenters. The summed E-state index contributed by atoms with van der Waals surface area (Å²) in [6.45, 7) is 0. The largest absolute Gasteiger partial charge is 0.369 e. The fourth-order valence-corrected chi connectivity index (χ4v) is 2.07. The number of primary amides is 1. The molecule has 4 nitrogen and oxygen atoms in total. The Labute approximate surface area is 107 Å². The summed E-state index contributed by atoms with van der Waals surface area (Å²) in [4.78, 5) is 15.4. The Bertz CT molecular complexity index is 498. The third kappa shape index (κ3) is 2.95. The van der Waals surface area contributed by atoms with Gasteiger partial charge >= 0.3 is 0 Å². The smallest absolute Gasteiger partial charge is 0.246 e. The molecule has 88 valence electrons. The Morgan fingerprint density at radius 3 is 2.65 bits per heavy atom. The highest BCUT2D eigenvalue weighted by molar-refractivity contribution is 7.07. The second-order valence-electron chi connectivity index (χ2n) is 3.40. The van der Waals surface area contributed by atoms with E-state index in [1.54, 1.807) is 35.2 Å². The lowest BCUT2D eigenvalue weighted by atomic mass is 10.2. The number of carbonyl (C=O) groups excluding carboxylic acids is 1. The fraction of sp³-hybridized carbons (Fsp3) is 0.0909. The highest BCUT2D eigenvalue weighted by Crippen LogP contribution is 2.20. The van der Waals surface area contributed by atoms with Gasteiger partial charge in [-0.25, -0.2) is 4.98 Å². The first-order valence-corrected chi connectivity index (χ1v) is 6.18. The maximum atomic E-state index is 11.4. The summed E-state index contributed by atoms with van der Waals surface area (Å²) in [5.74, 6) is -0.467. The lowest BCUT2D eigenvalue weighted by Gasteiger charge is -2.14. The number of hydrogen-bond acceptors (Lipinski definition) is 4. The van der Waals surface area contributed by atoms with Gasteiger partial charge < -0.3 is 11.1 Å². The van der Waals surface area contributed by atoms with Crippen molar-refractivity contribution < 1.29 is 4.79 Å². The van der Waals surface area contributed by atoms with Crippen LogP contribution in [0.4, 0.5) is 5.69 Å². The summed E-state index contributed by atoms with van der Waals surface area (Å²) >= 11 is 7.20. The quantitative estimate of drug-likeness (QED) is 0.894. The lowest BCUT2D eigenvalue weighted by Crippen LogP contribution is -2.27. The molecule has 0 bridgehead atoms. The van der Waals surface area contributed by atoms with E-state index in [1.165, 1.54) is 11.3 Å². The first-order valence-electron chi connectivity index (χ1n) is 4.86. The summed E-state index contributed by atoms with van der Waals surface area (Å²) in [7, 11) is 0. The number of nitrogens with two attached hydrogens (primary N) is 1. The highest BCUT2D eigenvalue weighted by atomic mass is 35.5. The van der Waals surface area contributed by atoms with Gasteiger partial charge in [-0.2, -0.15) is 0 Å². The predicted octanol–water partition coefficient (Wildman–Crippen LogP) is 2.43. The van der Waals surface area contributed by atoms with E-state index in [-0.39, 0.29) is 0 Å². The maximum Gasteiger partial charge on any atom is 0.246 e. The molecule has 1 unspecified atom stereocenters. The van der Waals surface area contributed by atoms with Crippen molar-refractivity contribution in [3.05, 3.63) is 45.9 Å². The van der Waals surface area contributed by atoms with Crippen LogP contribution in [0.2, 0.25) is 5.02 Å². The molecule has 3 N–H and O–H groups in total. The number of halogens is 1. The van der Waals surface area contributed by atoms with E-state index in [0.717, 1.165) is 5.69 Å². The molecule has 0 aliphatic rings. The maximum absolute atomic E-state index is 11.4. The molecule has 0 saturated carbocycles. The second kappa shape index (κ2) is 5.16. The van der Waals surface area contributed by atoms with E-state index in [2.05, 4.69) is 10.3 Å². The Hall–Kier alpha value is -1.59. The highest BCUT2D eigenvalue weighted by Gasteiger charge is 2.19. The minimum absolute atomic E-state index is 0.467. The molecule has 1 heterocycles. The van der Waals surface area contributed by atoms with Gasteiger partial charge in [0.25, 0.3) is 0 Å². The van der Waals surface area contributed by atoms with Crippen LogP contribution < -0.4 is 11.1 Å². The second-order valence-corrected chi connectivity index (χ2v) is 4.56. The average molecular weight is 268 g/mol. The molecule has 0 radical (unpaired) electrons. The monoisotopic (exact) mass is 267 g/mol. The Morgan fingerprint density at radius 2 is 2.12 bits per heavy atom. The van der Waals surface area contributed by atoms with Gasteiger partial charge in [0.15, 0.2) is 0 Å². The molecule has 0 aliphatic carbocycles. The van der Waals surface area contributed by atoms with Crippen LogP contribution in [0.25, 0.3) is 0 Å². The number of nitrogens with zero attached hydrogens (tertiary/aromatic N) is 1. The predicted molar refractivity (Wildman–Crippen MR) is 69.1 cm³/mol. The molecule has 17 heavy (non-hydrogen) atoms. The van der Waals surface area contributed by atoms with Crippen molar-refractivity contribution in [2.75, 3.05) is 5.32 Å². The zero-order valence-electron chi connectivity index (χ0n) is 8.76. The van der Waals surface area contributed by atoms with Crippen LogP contribution in [0, 0.1) is 0 Å². The number of rotatable bonds is 4. The summed E-state index contributed by atoms with van der Waals surface area (Å²) in [6.07, 6.45) is 0. The van der Waals surface area contributed by atoms with Crippen molar-refractivity contribution in [2.24, 2.45) is 5.73 Å². The van der Waals surface area contributed by atoms with Crippen LogP contribution in [-0.4, -0.2) is 10.9 Å². The molecular weight excluding hydrogens is 258 g/mol. The topological polar surface area (TPSA) is 68.0 Å². The SMILES string of the molecule is NC(=O)C(Nc1ccc(Cl)cc1)c1cscn1. The first-order chi connectivity index (χ1) is 8.16. The van der Waals surface area contributed by atoms with Gasteiger partial charge in [0.05, 0.1) is 11.2 Å². The van der Waals surface area contributed by atoms with Crippen molar-refractivity contribution in [2.45, 2.75) is 6.04 Å². The number of anilines is 1. The molecule has 0 aliphatic heterocycles. The first kappa shape index (κ1) is 11.9. The molecule has 0 saturated heterocycles. The Morgan fingerprint density at radius 1 is 1.41 bits per heavy atom. The van der Waals surface area contributed by atoms with Crippen LogP contribution in [0.5, 0.6) is 0 Å². The van der Waals surface area contributed by atoms with E-state index in [9.17, 15) is 4.79 Å². The summed E-state index contributed by atoms with van der Waals surface area (Å²) in [5, 5.41) is 5.45. The molecule has 0 fully saturated rings. The van der Waals surface area contributed by atoms with E-state index in [1.807, 2.05) is 0 Å². The third-order valence-corrected chi connectivity index (χ3v) is 3.04. The van der Waals surface area contributed by atoms with Gasteiger partial charge in [0.2, 0.25) is 5.91 Å². The van der Waals surface area contributed by atoms with Crippen LogP contribution in [0.15, 0.2) is 35.2 Å². The van der Waals surface area contributed by atoms with Gasteiger partial charge in [-0.05, 0) is 24.3 Å². The van der Waals surface area contributed by atoms with Crippen molar-refractivity contribution in [1.29, 1.82) is 0 Å². The van der Waals surface area contributed by atoms with Gasteiger partial charge in [0.1, 0.15) is 6.04 Å². The standard InChI is InChI=1S/C11H10ClN3OS/c12-7-1-3-8(4-2-7)15-10(11(13)16)9-5-17-6-14-9/h1-6,10,15H,(H2,13,16). The zero-order chi connectivity index (χ0) is 12.3. The van der Waals surface area contributed by atoms with Crippen molar-refractivity contribution in [3.8, 4) is 0 Å². The molecule has 1 aromatic carbocycles. The lowest BCUT2D eigenvalue weighted by molar-refractivity contribution is -0.118. The van der Waals surface area contributed by atoms with Crippen molar-refractivity contribution in [3.63, 3.8) is 0 Å². The van der Waals surface area contributed by atoms with Crippen LogP contribution in [0.1, 0.15) is 11.7 Å². The van der Waals surface area contributed by atoms with Crippen molar-refractivity contribution in [1.82, 2.24) is 4.98 Å².